The van der Waals surface area contributed by atoms with E-state index < -0.39 is 0 Å². The Labute approximate surface area is 110 Å². The number of piperidine rings is 1. The second-order valence-electron chi connectivity index (χ2n) is 5.63. The van der Waals surface area contributed by atoms with Crippen LogP contribution < -0.4 is 10.1 Å². The van der Waals surface area contributed by atoms with Crippen LogP contribution in [0.5, 0.6) is 5.75 Å². The Morgan fingerprint density at radius 2 is 2.11 bits per heavy atom. The van der Waals surface area contributed by atoms with Gasteiger partial charge in [0.2, 0.25) is 0 Å². The number of ether oxygens (including phenoxy) is 1. The first kappa shape index (κ1) is 12.0. The molecule has 1 heterocycles. The second kappa shape index (κ2) is 5.75. The molecule has 1 aromatic carbocycles. The van der Waals surface area contributed by atoms with Crippen molar-refractivity contribution >= 4 is 0 Å². The Bertz CT molecular complexity index is 396. The summed E-state index contributed by atoms with van der Waals surface area (Å²) in [6.45, 7) is 3.24. The van der Waals surface area contributed by atoms with Crippen LogP contribution >= 0.6 is 0 Å². The van der Waals surface area contributed by atoms with Crippen LogP contribution in [-0.2, 0) is 12.8 Å². The highest BCUT2D eigenvalue weighted by molar-refractivity contribution is 5.38. The zero-order chi connectivity index (χ0) is 12.2. The predicted octanol–water partition coefficient (Wildman–Crippen LogP) is 2.94. The first-order chi connectivity index (χ1) is 8.92. The average Bonchev–Trinajstić information content (AvgIpc) is 2.87. The van der Waals surface area contributed by atoms with Crippen molar-refractivity contribution in [2.45, 2.75) is 38.5 Å². The Morgan fingerprint density at radius 3 is 3.00 bits per heavy atom. The van der Waals surface area contributed by atoms with Gasteiger partial charge in [0.15, 0.2) is 0 Å². The molecule has 0 radical (unpaired) electrons. The molecule has 18 heavy (non-hydrogen) atoms. The number of rotatable bonds is 4. The molecule has 98 valence electrons. The number of fused-ring (bicyclic) bond motifs is 1. The molecule has 2 aliphatic rings. The Hall–Kier alpha value is -1.02. The van der Waals surface area contributed by atoms with E-state index in [0.717, 1.165) is 18.3 Å². The Balaban J connectivity index is 1.48. The van der Waals surface area contributed by atoms with Gasteiger partial charge in [0, 0.05) is 0 Å². The van der Waals surface area contributed by atoms with Crippen molar-refractivity contribution in [1.29, 1.82) is 0 Å². The van der Waals surface area contributed by atoms with Crippen LogP contribution in [0.4, 0.5) is 0 Å². The van der Waals surface area contributed by atoms with Crippen LogP contribution in [0.15, 0.2) is 18.2 Å². The van der Waals surface area contributed by atoms with Crippen molar-refractivity contribution in [3.05, 3.63) is 29.3 Å². The molecule has 1 saturated heterocycles. The minimum atomic E-state index is 0.813. The van der Waals surface area contributed by atoms with Gasteiger partial charge in [-0.2, -0.15) is 0 Å². The monoisotopic (exact) mass is 245 g/mol. The van der Waals surface area contributed by atoms with E-state index in [4.69, 9.17) is 4.74 Å². The summed E-state index contributed by atoms with van der Waals surface area (Å²) in [4.78, 5) is 0. The summed E-state index contributed by atoms with van der Waals surface area (Å²) >= 11 is 0. The summed E-state index contributed by atoms with van der Waals surface area (Å²) in [5, 5.41) is 3.46. The first-order valence-electron chi connectivity index (χ1n) is 7.37. The third-order valence-corrected chi connectivity index (χ3v) is 4.26. The fourth-order valence-corrected chi connectivity index (χ4v) is 3.15. The minimum Gasteiger partial charge on any atom is -0.494 e. The first-order valence-corrected chi connectivity index (χ1v) is 7.37. The maximum Gasteiger partial charge on any atom is 0.119 e. The molecule has 1 atom stereocenters. The van der Waals surface area contributed by atoms with Crippen LogP contribution in [0.2, 0.25) is 0 Å². The molecular weight excluding hydrogens is 222 g/mol. The number of aryl methyl sites for hydroxylation is 2. The Kier molecular flexibility index (Phi) is 3.84. The van der Waals surface area contributed by atoms with Crippen LogP contribution in [-0.4, -0.2) is 19.7 Å². The van der Waals surface area contributed by atoms with E-state index in [0.29, 0.717) is 0 Å². The molecule has 2 nitrogen and oxygen atoms in total. The van der Waals surface area contributed by atoms with Crippen LogP contribution in [0.25, 0.3) is 0 Å². The van der Waals surface area contributed by atoms with Gasteiger partial charge < -0.3 is 10.1 Å². The zero-order valence-electron chi connectivity index (χ0n) is 11.1. The van der Waals surface area contributed by atoms with Gasteiger partial charge in [-0.1, -0.05) is 6.07 Å². The third-order valence-electron chi connectivity index (χ3n) is 4.26. The van der Waals surface area contributed by atoms with Crippen molar-refractivity contribution in [2.75, 3.05) is 19.7 Å². The van der Waals surface area contributed by atoms with Gasteiger partial charge in [0.05, 0.1) is 6.61 Å². The molecule has 0 unspecified atom stereocenters. The topological polar surface area (TPSA) is 21.3 Å². The van der Waals surface area contributed by atoms with Crippen LogP contribution in [0.3, 0.4) is 0 Å². The summed E-state index contributed by atoms with van der Waals surface area (Å²) in [6.07, 6.45) is 7.67. The van der Waals surface area contributed by atoms with Gasteiger partial charge in [-0.15, -0.1) is 0 Å². The van der Waals surface area contributed by atoms with Gasteiger partial charge in [-0.3, -0.25) is 0 Å². The minimum absolute atomic E-state index is 0.813. The fourth-order valence-electron chi connectivity index (χ4n) is 3.15. The molecule has 0 bridgehead atoms. The zero-order valence-corrected chi connectivity index (χ0v) is 11.1. The highest BCUT2D eigenvalue weighted by Crippen LogP contribution is 2.26. The fraction of sp³-hybridized carbons (Fsp3) is 0.625. The highest BCUT2D eigenvalue weighted by Gasteiger charge is 2.14. The van der Waals surface area contributed by atoms with E-state index in [1.54, 1.807) is 0 Å². The number of hydrogen-bond acceptors (Lipinski definition) is 2. The molecule has 0 saturated carbocycles. The average molecular weight is 245 g/mol. The summed E-state index contributed by atoms with van der Waals surface area (Å²) < 4.78 is 5.91. The maximum absolute atomic E-state index is 5.91. The summed E-state index contributed by atoms with van der Waals surface area (Å²) in [6, 6.07) is 6.64. The molecule has 3 rings (SSSR count). The lowest BCUT2D eigenvalue weighted by molar-refractivity contribution is 0.254. The lowest BCUT2D eigenvalue weighted by atomic mass is 9.97. The Morgan fingerprint density at radius 1 is 1.17 bits per heavy atom. The van der Waals surface area contributed by atoms with Gasteiger partial charge in [-0.25, -0.2) is 0 Å². The van der Waals surface area contributed by atoms with Gasteiger partial charge >= 0.3 is 0 Å². The lowest BCUT2D eigenvalue weighted by Gasteiger charge is -2.22. The van der Waals surface area contributed by atoms with E-state index in [9.17, 15) is 0 Å². The van der Waals surface area contributed by atoms with Crippen molar-refractivity contribution in [1.82, 2.24) is 5.32 Å². The van der Waals surface area contributed by atoms with E-state index >= 15 is 0 Å². The summed E-state index contributed by atoms with van der Waals surface area (Å²) in [7, 11) is 0. The van der Waals surface area contributed by atoms with E-state index in [2.05, 4.69) is 23.5 Å². The molecule has 1 N–H and O–H groups in total. The molecule has 1 aliphatic heterocycles. The smallest absolute Gasteiger partial charge is 0.119 e. The standard InChI is InChI=1S/C16H23NO/c1-4-14-6-7-16(11-15(14)5-1)18-10-8-13-3-2-9-17-12-13/h6-7,11,13,17H,1-5,8-10,12H2/t13-/m1/s1. The molecule has 2 heteroatoms. The number of benzene rings is 1. The molecule has 0 amide bonds. The van der Waals surface area contributed by atoms with E-state index in [-0.39, 0.29) is 0 Å². The van der Waals surface area contributed by atoms with Gasteiger partial charge in [-0.05, 0) is 80.8 Å². The van der Waals surface area contributed by atoms with Gasteiger partial charge in [0.1, 0.15) is 5.75 Å². The molecular formula is C16H23NO. The summed E-state index contributed by atoms with van der Waals surface area (Å²) in [5.74, 6) is 1.88. The maximum atomic E-state index is 5.91. The van der Waals surface area contributed by atoms with E-state index in [1.165, 1.54) is 62.7 Å². The molecule has 0 aromatic heterocycles. The third kappa shape index (κ3) is 2.86. The molecule has 1 aliphatic carbocycles. The van der Waals surface area contributed by atoms with Crippen molar-refractivity contribution < 1.29 is 4.74 Å². The number of hydrogen-bond donors (Lipinski definition) is 1. The summed E-state index contributed by atoms with van der Waals surface area (Å²) in [5.41, 5.74) is 3.03. The lowest BCUT2D eigenvalue weighted by Crippen LogP contribution is -2.30. The van der Waals surface area contributed by atoms with Crippen molar-refractivity contribution in [2.24, 2.45) is 5.92 Å². The quantitative estimate of drug-likeness (QED) is 0.880. The predicted molar refractivity (Wildman–Crippen MR) is 74.2 cm³/mol. The molecule has 1 fully saturated rings. The normalized spacial score (nSPS) is 22.8. The second-order valence-corrected chi connectivity index (χ2v) is 5.63. The molecule has 1 aromatic rings. The van der Waals surface area contributed by atoms with Gasteiger partial charge in [0.25, 0.3) is 0 Å². The van der Waals surface area contributed by atoms with Crippen molar-refractivity contribution in [3.63, 3.8) is 0 Å². The SMILES string of the molecule is c1cc2c(cc1OCC[C@H]1CCCNC1)CCC2. The van der Waals surface area contributed by atoms with Crippen molar-refractivity contribution in [3.8, 4) is 5.75 Å². The number of nitrogens with one attached hydrogen (secondary N) is 1. The molecule has 0 spiro atoms. The largest absolute Gasteiger partial charge is 0.494 e. The van der Waals surface area contributed by atoms with Crippen LogP contribution in [0, 0.1) is 5.92 Å². The van der Waals surface area contributed by atoms with Crippen LogP contribution in [0.1, 0.15) is 36.8 Å². The van der Waals surface area contributed by atoms with E-state index in [1.807, 2.05) is 0 Å². The highest BCUT2D eigenvalue weighted by atomic mass is 16.5.